The number of carbonyl (C=O) groups excluding carboxylic acids is 2. The predicted molar refractivity (Wildman–Crippen MR) is 60.8 cm³/mol. The van der Waals surface area contributed by atoms with Crippen LogP contribution in [-0.4, -0.2) is 38.1 Å². The zero-order chi connectivity index (χ0) is 12.0. The molecule has 3 amide bonds. The van der Waals surface area contributed by atoms with Crippen LogP contribution >= 0.6 is 0 Å². The zero-order valence-electron chi connectivity index (χ0n) is 9.64. The highest BCUT2D eigenvalue weighted by molar-refractivity contribution is 5.83. The quantitative estimate of drug-likeness (QED) is 0.462. The minimum atomic E-state index is -0.568. The van der Waals surface area contributed by atoms with Crippen molar-refractivity contribution in [1.82, 2.24) is 16.0 Å². The van der Waals surface area contributed by atoms with E-state index >= 15 is 0 Å². The highest BCUT2D eigenvalue weighted by Gasteiger charge is 2.38. The van der Waals surface area contributed by atoms with E-state index in [2.05, 4.69) is 16.0 Å². The molecule has 0 bridgehead atoms. The minimum absolute atomic E-state index is 0.0614. The highest BCUT2D eigenvalue weighted by atomic mass is 16.2. The van der Waals surface area contributed by atoms with Crippen molar-refractivity contribution in [1.29, 1.82) is 0 Å². The summed E-state index contributed by atoms with van der Waals surface area (Å²) >= 11 is 0. The van der Waals surface area contributed by atoms with Gasteiger partial charge in [0, 0.05) is 19.6 Å². The molecule has 6 heteroatoms. The van der Waals surface area contributed by atoms with Crippen molar-refractivity contribution in [3.8, 4) is 0 Å². The Bertz CT molecular complexity index is 262. The number of nitrogens with one attached hydrogen (secondary N) is 3. The Morgan fingerprint density at radius 1 is 1.38 bits per heavy atom. The van der Waals surface area contributed by atoms with Gasteiger partial charge in [-0.05, 0) is 19.4 Å². The van der Waals surface area contributed by atoms with E-state index in [9.17, 15) is 9.59 Å². The number of amides is 3. The lowest BCUT2D eigenvalue weighted by Gasteiger charge is -2.25. The molecule has 1 atom stereocenters. The fraction of sp³-hybridized carbons (Fsp3) is 0.800. The first-order valence-electron chi connectivity index (χ1n) is 5.63. The van der Waals surface area contributed by atoms with Gasteiger partial charge >= 0.3 is 6.03 Å². The van der Waals surface area contributed by atoms with Crippen LogP contribution < -0.4 is 21.7 Å². The van der Waals surface area contributed by atoms with Gasteiger partial charge in [-0.2, -0.15) is 0 Å². The monoisotopic (exact) mass is 228 g/mol. The van der Waals surface area contributed by atoms with E-state index in [1.54, 1.807) is 0 Å². The number of hydrogen-bond acceptors (Lipinski definition) is 3. The van der Waals surface area contributed by atoms with E-state index in [4.69, 9.17) is 5.73 Å². The van der Waals surface area contributed by atoms with Crippen molar-refractivity contribution in [2.45, 2.75) is 19.8 Å². The summed E-state index contributed by atoms with van der Waals surface area (Å²) in [6, 6.07) is -0.568. The van der Waals surface area contributed by atoms with E-state index in [0.717, 1.165) is 25.9 Å². The van der Waals surface area contributed by atoms with Crippen LogP contribution in [0.25, 0.3) is 0 Å². The van der Waals surface area contributed by atoms with E-state index in [1.807, 2.05) is 6.92 Å². The molecule has 1 aliphatic heterocycles. The molecule has 0 aromatic heterocycles. The molecular weight excluding hydrogens is 208 g/mol. The van der Waals surface area contributed by atoms with Crippen molar-refractivity contribution in [3.05, 3.63) is 0 Å². The molecule has 1 heterocycles. The van der Waals surface area contributed by atoms with E-state index in [1.165, 1.54) is 0 Å². The molecule has 1 fully saturated rings. The molecule has 0 aliphatic carbocycles. The van der Waals surface area contributed by atoms with Crippen molar-refractivity contribution >= 4 is 11.9 Å². The van der Waals surface area contributed by atoms with Gasteiger partial charge in [0.25, 0.3) is 0 Å². The van der Waals surface area contributed by atoms with Gasteiger partial charge in [0.05, 0.1) is 5.41 Å². The number of primary amides is 1. The van der Waals surface area contributed by atoms with Gasteiger partial charge in [-0.1, -0.05) is 6.92 Å². The van der Waals surface area contributed by atoms with Crippen molar-refractivity contribution < 1.29 is 9.59 Å². The Morgan fingerprint density at radius 2 is 2.06 bits per heavy atom. The van der Waals surface area contributed by atoms with Crippen molar-refractivity contribution in [2.24, 2.45) is 11.1 Å². The van der Waals surface area contributed by atoms with Gasteiger partial charge in [0.15, 0.2) is 0 Å². The van der Waals surface area contributed by atoms with Gasteiger partial charge < -0.3 is 21.7 Å². The number of carbonyl (C=O) groups is 2. The van der Waals surface area contributed by atoms with Crippen molar-refractivity contribution in [3.63, 3.8) is 0 Å². The second-order valence-corrected chi connectivity index (χ2v) is 4.11. The maximum atomic E-state index is 11.9. The summed E-state index contributed by atoms with van der Waals surface area (Å²) in [4.78, 5) is 22.4. The summed E-state index contributed by atoms with van der Waals surface area (Å²) in [6.07, 6.45) is 1.70. The van der Waals surface area contributed by atoms with Crippen LogP contribution in [0.3, 0.4) is 0 Å². The van der Waals surface area contributed by atoms with Crippen LogP contribution in [0.5, 0.6) is 0 Å². The summed E-state index contributed by atoms with van der Waals surface area (Å²) in [6.45, 7) is 4.44. The van der Waals surface area contributed by atoms with Crippen LogP contribution in [0.2, 0.25) is 0 Å². The Kier molecular flexibility index (Phi) is 4.54. The topological polar surface area (TPSA) is 96.2 Å². The SMILES string of the molecule is CCC1(C(=O)NCCNC(N)=O)CCNC1. The first-order valence-corrected chi connectivity index (χ1v) is 5.63. The van der Waals surface area contributed by atoms with Gasteiger partial charge in [0.1, 0.15) is 0 Å². The average molecular weight is 228 g/mol. The summed E-state index contributed by atoms with van der Waals surface area (Å²) < 4.78 is 0. The Morgan fingerprint density at radius 3 is 2.56 bits per heavy atom. The molecule has 0 spiro atoms. The maximum Gasteiger partial charge on any atom is 0.312 e. The lowest BCUT2D eigenvalue weighted by molar-refractivity contribution is -0.130. The van der Waals surface area contributed by atoms with Crippen LogP contribution in [0.15, 0.2) is 0 Å². The molecular formula is C10H20N4O2. The second-order valence-electron chi connectivity index (χ2n) is 4.11. The standard InChI is InChI=1S/C10H20N4O2/c1-2-10(3-4-12-7-10)8(15)13-5-6-14-9(11)16/h12H,2-7H2,1H3,(H,13,15)(H3,11,14,16). The summed E-state index contributed by atoms with van der Waals surface area (Å²) in [5.74, 6) is 0.0614. The fourth-order valence-electron chi connectivity index (χ4n) is 1.95. The Labute approximate surface area is 95.3 Å². The number of urea groups is 1. The molecule has 6 nitrogen and oxygen atoms in total. The first-order chi connectivity index (χ1) is 7.60. The molecule has 16 heavy (non-hydrogen) atoms. The van der Waals surface area contributed by atoms with Crippen LogP contribution in [-0.2, 0) is 4.79 Å². The molecule has 1 rings (SSSR count). The lowest BCUT2D eigenvalue weighted by Crippen LogP contribution is -2.45. The Balaban J connectivity index is 2.30. The van der Waals surface area contributed by atoms with Crippen LogP contribution in [0.4, 0.5) is 4.79 Å². The fourth-order valence-corrected chi connectivity index (χ4v) is 1.95. The molecule has 0 saturated carbocycles. The molecule has 0 aromatic rings. The van der Waals surface area contributed by atoms with Gasteiger partial charge in [-0.15, -0.1) is 0 Å². The number of hydrogen-bond donors (Lipinski definition) is 4. The lowest BCUT2D eigenvalue weighted by atomic mass is 9.83. The van der Waals surface area contributed by atoms with Crippen LogP contribution in [0, 0.1) is 5.41 Å². The van der Waals surface area contributed by atoms with E-state index in [-0.39, 0.29) is 11.3 Å². The van der Waals surface area contributed by atoms with Gasteiger partial charge in [0.2, 0.25) is 5.91 Å². The third-order valence-corrected chi connectivity index (χ3v) is 3.11. The van der Waals surface area contributed by atoms with Gasteiger partial charge in [-0.3, -0.25) is 4.79 Å². The second kappa shape index (κ2) is 5.69. The van der Waals surface area contributed by atoms with E-state index in [0.29, 0.717) is 13.1 Å². The smallest absolute Gasteiger partial charge is 0.312 e. The Hall–Kier alpha value is -1.30. The summed E-state index contributed by atoms with van der Waals surface area (Å²) in [7, 11) is 0. The normalized spacial score (nSPS) is 24.1. The van der Waals surface area contributed by atoms with E-state index < -0.39 is 6.03 Å². The van der Waals surface area contributed by atoms with Gasteiger partial charge in [-0.25, -0.2) is 4.79 Å². The third-order valence-electron chi connectivity index (χ3n) is 3.11. The van der Waals surface area contributed by atoms with Crippen LogP contribution in [0.1, 0.15) is 19.8 Å². The highest BCUT2D eigenvalue weighted by Crippen LogP contribution is 2.29. The largest absolute Gasteiger partial charge is 0.354 e. The third kappa shape index (κ3) is 3.10. The molecule has 5 N–H and O–H groups in total. The summed E-state index contributed by atoms with van der Waals surface area (Å²) in [5, 5.41) is 8.46. The first kappa shape index (κ1) is 12.8. The van der Waals surface area contributed by atoms with Crippen molar-refractivity contribution in [2.75, 3.05) is 26.2 Å². The molecule has 0 aromatic carbocycles. The number of nitrogens with two attached hydrogens (primary N) is 1. The average Bonchev–Trinajstić information content (AvgIpc) is 2.73. The molecule has 1 aliphatic rings. The summed E-state index contributed by atoms with van der Waals surface area (Å²) in [5.41, 5.74) is 4.64. The minimum Gasteiger partial charge on any atom is -0.354 e. The maximum absolute atomic E-state index is 11.9. The molecule has 0 radical (unpaired) electrons. The molecule has 1 unspecified atom stereocenters. The predicted octanol–water partition coefficient (Wildman–Crippen LogP) is -0.839. The zero-order valence-corrected chi connectivity index (χ0v) is 9.64. The molecule has 1 saturated heterocycles. The molecule has 92 valence electrons. The number of rotatable bonds is 5.